The maximum atomic E-state index is 6.20. The highest BCUT2D eigenvalue weighted by Gasteiger charge is 2.52. The molecule has 16 atom stereocenters. The normalized spacial score (nSPS) is 26.0. The molecule has 8 aliphatic rings. The van der Waals surface area contributed by atoms with E-state index in [9.17, 15) is 0 Å². The number of methoxy groups -OCH3 is 16. The first-order chi connectivity index (χ1) is 54.8. The molecule has 16 rings (SSSR count). The number of ether oxygens (including phenoxy) is 24. The van der Waals surface area contributed by atoms with Crippen molar-refractivity contribution in [1.82, 2.24) is 0 Å². The van der Waals surface area contributed by atoms with E-state index in [4.69, 9.17) is 114 Å². The van der Waals surface area contributed by atoms with Crippen LogP contribution in [0.3, 0.4) is 0 Å². The van der Waals surface area contributed by atoms with Crippen LogP contribution in [0.5, 0.6) is 92.0 Å². The Balaban J connectivity index is 0.000000131. The van der Waals surface area contributed by atoms with Gasteiger partial charge < -0.3 is 114 Å². The topological polar surface area (TPSA) is 222 Å². The molecule has 0 aromatic heterocycles. The lowest BCUT2D eigenvalue weighted by atomic mass is 9.85. The zero-order chi connectivity index (χ0) is 78.7. The maximum Gasteiger partial charge on any atom is 0.161 e. The molecule has 0 radical (unpaired) electrons. The van der Waals surface area contributed by atoms with Crippen molar-refractivity contribution < 1.29 is 114 Å². The van der Waals surface area contributed by atoms with Crippen LogP contribution in [0, 0.1) is 47.3 Å². The largest absolute Gasteiger partial charge is 0.493 e. The summed E-state index contributed by atoms with van der Waals surface area (Å²) in [5.41, 5.74) is 8.68. The summed E-state index contributed by atoms with van der Waals surface area (Å²) in [4.78, 5) is 0. The zero-order valence-electron chi connectivity index (χ0n) is 66.5. The molecular weight excluding hydrogens is 1440 g/mol. The van der Waals surface area contributed by atoms with Crippen LogP contribution in [0.2, 0.25) is 0 Å². The quantitative estimate of drug-likeness (QED) is 0.0548. The Morgan fingerprint density at radius 3 is 0.339 bits per heavy atom. The summed E-state index contributed by atoms with van der Waals surface area (Å²) in [6, 6.07) is 47.7. The van der Waals surface area contributed by atoms with Gasteiger partial charge in [-0.1, -0.05) is 48.5 Å². The van der Waals surface area contributed by atoms with E-state index in [1.54, 1.807) is 114 Å². The predicted octanol–water partition coefficient (Wildman–Crippen LogP) is 15.2. The molecule has 0 unspecified atom stereocenters. The van der Waals surface area contributed by atoms with Gasteiger partial charge >= 0.3 is 0 Å². The second kappa shape index (κ2) is 36.8. The van der Waals surface area contributed by atoms with Crippen molar-refractivity contribution in [3.63, 3.8) is 0 Å². The fourth-order valence-electron chi connectivity index (χ4n) is 17.2. The van der Waals surface area contributed by atoms with Gasteiger partial charge in [-0.2, -0.15) is 0 Å². The van der Waals surface area contributed by atoms with Crippen LogP contribution in [0.4, 0.5) is 0 Å². The third kappa shape index (κ3) is 16.3. The lowest BCUT2D eigenvalue weighted by molar-refractivity contribution is 0.0190. The zero-order valence-corrected chi connectivity index (χ0v) is 66.5. The van der Waals surface area contributed by atoms with Crippen LogP contribution in [0.15, 0.2) is 146 Å². The molecule has 8 saturated heterocycles. The molecule has 8 heterocycles. The molecule has 0 spiro atoms. The van der Waals surface area contributed by atoms with Gasteiger partial charge in [-0.15, -0.1) is 0 Å². The number of rotatable bonds is 24. The van der Waals surface area contributed by atoms with Gasteiger partial charge in [-0.05, 0) is 142 Å². The van der Waals surface area contributed by atoms with E-state index in [1.165, 1.54) is 0 Å². The summed E-state index contributed by atoms with van der Waals surface area (Å²) in [5.74, 6) is 13.7. The maximum absolute atomic E-state index is 6.20. The van der Waals surface area contributed by atoms with Crippen LogP contribution < -0.4 is 75.8 Å². The fraction of sp³-hybridized carbons (Fsp3) is 0.455. The smallest absolute Gasteiger partial charge is 0.161 e. The Kier molecular flexibility index (Phi) is 26.4. The van der Waals surface area contributed by atoms with Gasteiger partial charge in [0.25, 0.3) is 0 Å². The number of hydrogen-bond acceptors (Lipinski definition) is 24. The SMILES string of the molecule is COc1ccc([C@@H]2OC[C@@H]3[C@H]2CO[C@H]3c2ccc(OC)c(OC)c2)cc1OC.COc1ccc([C@@H]2OC[C@@H]3[C@H]2CO[C@H]3c2ccc(OC)c(OC)c2)cc1OC.COc1ccc([C@@H]2OC[C@@H]3[C@H]2CO[C@H]3c2ccc(OC)c(OC)c2)cc1OC.COc1ccc([C@@H]2OC[C@@H]3[C@H]2CO[C@H]3c2ccc(OC)c(OC)c2)cc1OC. The molecule has 0 amide bonds. The second-order valence-corrected chi connectivity index (χ2v) is 28.3. The van der Waals surface area contributed by atoms with E-state index in [1.807, 2.05) is 146 Å². The van der Waals surface area contributed by atoms with E-state index in [2.05, 4.69) is 0 Å². The monoisotopic (exact) mass is 1540 g/mol. The van der Waals surface area contributed by atoms with Gasteiger partial charge in [-0.3, -0.25) is 0 Å². The van der Waals surface area contributed by atoms with Crippen molar-refractivity contribution in [3.8, 4) is 92.0 Å². The average Bonchev–Trinajstić information content (AvgIpc) is 1.64. The third-order valence-corrected chi connectivity index (χ3v) is 22.9. The standard InChI is InChI=1S/4C22H26O6/c4*1-23-17-7-5-13(9-19(17)25-3)21-15-11-28-22(16(15)12-27-21)14-6-8-18(24-2)20(10-14)26-4/h4*5-10,15-16,21-22H,11-12H2,1-4H3/t4*15-,16-,21+,22+/m1111/s1. The van der Waals surface area contributed by atoms with Crippen molar-refractivity contribution in [2.24, 2.45) is 47.3 Å². The lowest BCUT2D eigenvalue weighted by Gasteiger charge is -2.18. The summed E-state index contributed by atoms with van der Waals surface area (Å²) in [6.07, 6.45) is -0.149. The fourth-order valence-corrected chi connectivity index (χ4v) is 17.2. The molecule has 8 fully saturated rings. The molecule has 600 valence electrons. The number of hydrogen-bond donors (Lipinski definition) is 0. The van der Waals surface area contributed by atoms with E-state index in [0.29, 0.717) is 145 Å². The summed E-state index contributed by atoms with van der Waals surface area (Å²) < 4.78 is 136. The summed E-state index contributed by atoms with van der Waals surface area (Å²) in [7, 11) is 26.3. The summed E-state index contributed by atoms with van der Waals surface area (Å²) >= 11 is 0. The lowest BCUT2D eigenvalue weighted by Crippen LogP contribution is -2.14. The third-order valence-electron chi connectivity index (χ3n) is 22.9. The van der Waals surface area contributed by atoms with Crippen molar-refractivity contribution in [2.45, 2.75) is 48.8 Å². The molecule has 8 aromatic carbocycles. The first-order valence-electron chi connectivity index (χ1n) is 37.5. The molecule has 8 aliphatic heterocycles. The molecule has 24 heteroatoms. The van der Waals surface area contributed by atoms with E-state index in [0.717, 1.165) is 44.5 Å². The Bertz CT molecular complexity index is 3620. The molecule has 24 nitrogen and oxygen atoms in total. The Morgan fingerprint density at radius 2 is 0.250 bits per heavy atom. The average molecular weight is 1550 g/mol. The van der Waals surface area contributed by atoms with E-state index >= 15 is 0 Å². The van der Waals surface area contributed by atoms with Gasteiger partial charge in [0.2, 0.25) is 0 Å². The number of fused-ring (bicyclic) bond motifs is 4. The number of benzene rings is 8. The van der Waals surface area contributed by atoms with Crippen LogP contribution >= 0.6 is 0 Å². The van der Waals surface area contributed by atoms with Crippen LogP contribution in [-0.2, 0) is 37.9 Å². The highest BCUT2D eigenvalue weighted by atomic mass is 16.6. The molecule has 112 heavy (non-hydrogen) atoms. The first-order valence-corrected chi connectivity index (χ1v) is 37.5. The van der Waals surface area contributed by atoms with Crippen LogP contribution in [0.1, 0.15) is 93.3 Å². The minimum absolute atomic E-state index is 0.0186. The minimum atomic E-state index is -0.0186. The highest BCUT2D eigenvalue weighted by molar-refractivity contribution is 5.51. The van der Waals surface area contributed by atoms with Gasteiger partial charge in [0.15, 0.2) is 92.0 Å². The van der Waals surface area contributed by atoms with Gasteiger partial charge in [-0.25, -0.2) is 0 Å². The molecular formula is C88H104O24. The minimum Gasteiger partial charge on any atom is -0.493 e. The van der Waals surface area contributed by atoms with Gasteiger partial charge in [0.1, 0.15) is 0 Å². The second-order valence-electron chi connectivity index (χ2n) is 28.3. The van der Waals surface area contributed by atoms with Crippen molar-refractivity contribution in [1.29, 1.82) is 0 Å². The molecule has 0 saturated carbocycles. The Labute approximate surface area is 655 Å². The first kappa shape index (κ1) is 80.3. The van der Waals surface area contributed by atoms with Gasteiger partial charge in [0, 0.05) is 47.3 Å². The Morgan fingerprint density at radius 1 is 0.152 bits per heavy atom. The van der Waals surface area contributed by atoms with Crippen LogP contribution in [-0.4, -0.2) is 167 Å². The Hall–Kier alpha value is -9.76. The van der Waals surface area contributed by atoms with Crippen LogP contribution in [0.25, 0.3) is 0 Å². The highest BCUT2D eigenvalue weighted by Crippen LogP contribution is 2.57. The molecule has 0 aliphatic carbocycles. The van der Waals surface area contributed by atoms with Gasteiger partial charge in [0.05, 0.1) is 215 Å². The molecule has 8 aromatic rings. The predicted molar refractivity (Wildman–Crippen MR) is 414 cm³/mol. The molecule has 0 bridgehead atoms. The van der Waals surface area contributed by atoms with Crippen molar-refractivity contribution >= 4 is 0 Å². The van der Waals surface area contributed by atoms with Crippen molar-refractivity contribution in [2.75, 3.05) is 167 Å². The van der Waals surface area contributed by atoms with E-state index in [-0.39, 0.29) is 96.2 Å². The summed E-state index contributed by atoms with van der Waals surface area (Å²) in [5, 5.41) is 0. The van der Waals surface area contributed by atoms with E-state index < -0.39 is 0 Å². The summed E-state index contributed by atoms with van der Waals surface area (Å²) in [6.45, 7) is 5.24. The van der Waals surface area contributed by atoms with Crippen molar-refractivity contribution in [3.05, 3.63) is 190 Å². The molecule has 0 N–H and O–H groups in total.